The van der Waals surface area contributed by atoms with Crippen molar-refractivity contribution in [2.24, 2.45) is 5.92 Å². The third-order valence-electron chi connectivity index (χ3n) is 8.26. The summed E-state index contributed by atoms with van der Waals surface area (Å²) < 4.78 is 17.3. The fourth-order valence-corrected chi connectivity index (χ4v) is 6.14. The first-order valence-electron chi connectivity index (χ1n) is 14.2. The van der Waals surface area contributed by atoms with Crippen molar-refractivity contribution < 1.29 is 19.0 Å². The van der Waals surface area contributed by atoms with E-state index < -0.39 is 5.60 Å². The minimum Gasteiger partial charge on any atom is -0.486 e. The number of carbonyl (C=O) groups excluding carboxylic acids is 1. The summed E-state index contributed by atoms with van der Waals surface area (Å²) in [6.07, 6.45) is 2.52. The van der Waals surface area contributed by atoms with Gasteiger partial charge in [-0.05, 0) is 63.3 Å². The van der Waals surface area contributed by atoms with Crippen LogP contribution in [-0.4, -0.2) is 90.0 Å². The lowest BCUT2D eigenvalue weighted by atomic mass is 9.80. The monoisotopic (exact) mass is 536 g/mol. The van der Waals surface area contributed by atoms with Gasteiger partial charge in [-0.1, -0.05) is 13.0 Å². The normalized spacial score (nSPS) is 24.0. The van der Waals surface area contributed by atoms with Gasteiger partial charge >= 0.3 is 6.09 Å². The molecule has 0 saturated carbocycles. The largest absolute Gasteiger partial charge is 0.486 e. The van der Waals surface area contributed by atoms with Gasteiger partial charge in [-0.25, -0.2) is 14.8 Å². The first-order valence-corrected chi connectivity index (χ1v) is 14.2. The average Bonchev–Trinajstić information content (AvgIpc) is 3.06. The van der Waals surface area contributed by atoms with Gasteiger partial charge in [0.25, 0.3) is 0 Å². The number of aromatic nitrogens is 2. The van der Waals surface area contributed by atoms with Crippen LogP contribution < -0.4 is 15.0 Å². The third kappa shape index (κ3) is 5.49. The zero-order valence-corrected chi connectivity index (χ0v) is 23.5. The molecule has 4 aliphatic heterocycles. The smallest absolute Gasteiger partial charge is 0.410 e. The van der Waals surface area contributed by atoms with Crippen LogP contribution in [0.15, 0.2) is 24.5 Å². The predicted octanol–water partition coefficient (Wildman–Crippen LogP) is 3.99. The van der Waals surface area contributed by atoms with Crippen LogP contribution in [-0.2, 0) is 16.1 Å². The molecule has 210 valence electrons. The average molecular weight is 537 g/mol. The highest BCUT2D eigenvalue weighted by Crippen LogP contribution is 2.41. The Morgan fingerprint density at radius 2 is 1.90 bits per heavy atom. The van der Waals surface area contributed by atoms with Gasteiger partial charge in [0.1, 0.15) is 35.9 Å². The van der Waals surface area contributed by atoms with Crippen molar-refractivity contribution in [1.82, 2.24) is 19.8 Å². The number of carbonyl (C=O) groups is 1. The summed E-state index contributed by atoms with van der Waals surface area (Å²) in [6, 6.07) is 6.97. The van der Waals surface area contributed by atoms with Gasteiger partial charge in [-0.2, -0.15) is 0 Å². The number of nitrogens with one attached hydrogen (secondary N) is 1. The van der Waals surface area contributed by atoms with E-state index in [1.54, 1.807) is 6.33 Å². The van der Waals surface area contributed by atoms with Crippen molar-refractivity contribution in [1.29, 1.82) is 0 Å². The summed E-state index contributed by atoms with van der Waals surface area (Å²) >= 11 is 0. The maximum absolute atomic E-state index is 12.3. The molecule has 1 amide bonds. The molecule has 10 heteroatoms. The lowest BCUT2D eigenvalue weighted by Gasteiger charge is -2.49. The fraction of sp³-hybridized carbons (Fsp3) is 0.621. The van der Waals surface area contributed by atoms with E-state index in [0.29, 0.717) is 37.7 Å². The van der Waals surface area contributed by atoms with Crippen molar-refractivity contribution in [2.75, 3.05) is 62.7 Å². The van der Waals surface area contributed by atoms with E-state index in [-0.39, 0.29) is 6.09 Å². The second kappa shape index (κ2) is 10.5. The Balaban J connectivity index is 1.10. The minimum atomic E-state index is -0.455. The molecule has 0 bridgehead atoms. The molecular formula is C29H40N6O4. The molecule has 1 N–H and O–H groups in total. The molecule has 2 atom stereocenters. The number of benzene rings is 1. The zero-order chi connectivity index (χ0) is 27.1. The fourth-order valence-electron chi connectivity index (χ4n) is 6.14. The predicted molar refractivity (Wildman–Crippen MR) is 149 cm³/mol. The summed E-state index contributed by atoms with van der Waals surface area (Å²) in [5.74, 6) is 3.54. The number of morpholine rings is 1. The first-order chi connectivity index (χ1) is 18.7. The molecule has 2 aromatic rings. The minimum absolute atomic E-state index is 0.203. The van der Waals surface area contributed by atoms with E-state index >= 15 is 0 Å². The number of rotatable bonds is 3. The summed E-state index contributed by atoms with van der Waals surface area (Å²) in [5, 5.41) is 3.56. The van der Waals surface area contributed by atoms with Crippen LogP contribution in [0.2, 0.25) is 0 Å². The van der Waals surface area contributed by atoms with Gasteiger partial charge in [-0.15, -0.1) is 0 Å². The SMILES string of the molecule is C[C@H]1CN(C2CN(C(=O)OC(C)(C)C)C2)CC[C@H]1c1ccc2c(c1)Nc1ncnc(N3CCOCC3)c1CO2. The number of fused-ring (bicyclic) bond motifs is 2. The van der Waals surface area contributed by atoms with Gasteiger partial charge in [-0.3, -0.25) is 4.90 Å². The zero-order valence-electron chi connectivity index (χ0n) is 23.5. The lowest BCUT2D eigenvalue weighted by molar-refractivity contribution is -0.0243. The highest BCUT2D eigenvalue weighted by atomic mass is 16.6. The summed E-state index contributed by atoms with van der Waals surface area (Å²) in [4.78, 5) is 28.1. The maximum Gasteiger partial charge on any atom is 0.410 e. The second-order valence-corrected chi connectivity index (χ2v) is 12.2. The number of hydrogen-bond acceptors (Lipinski definition) is 9. The van der Waals surface area contributed by atoms with Crippen molar-refractivity contribution in [3.8, 4) is 5.75 Å². The molecule has 1 aromatic carbocycles. The van der Waals surface area contributed by atoms with Crippen molar-refractivity contribution in [2.45, 2.75) is 58.3 Å². The lowest BCUT2D eigenvalue weighted by Crippen LogP contribution is -2.63. The Labute approximate surface area is 230 Å². The van der Waals surface area contributed by atoms with E-state index in [9.17, 15) is 4.79 Å². The molecular weight excluding hydrogens is 496 g/mol. The van der Waals surface area contributed by atoms with E-state index in [4.69, 9.17) is 14.2 Å². The van der Waals surface area contributed by atoms with Crippen LogP contribution in [0.4, 0.5) is 22.1 Å². The molecule has 1 aromatic heterocycles. The van der Waals surface area contributed by atoms with Gasteiger partial charge < -0.3 is 29.3 Å². The molecule has 4 aliphatic rings. The third-order valence-corrected chi connectivity index (χ3v) is 8.26. The number of hydrogen-bond donors (Lipinski definition) is 1. The number of anilines is 3. The molecule has 3 saturated heterocycles. The van der Waals surface area contributed by atoms with Gasteiger partial charge in [0.05, 0.1) is 24.5 Å². The molecule has 5 heterocycles. The van der Waals surface area contributed by atoms with Crippen LogP contribution in [0.5, 0.6) is 5.75 Å². The summed E-state index contributed by atoms with van der Waals surface area (Å²) in [5.41, 5.74) is 2.81. The van der Waals surface area contributed by atoms with Crippen molar-refractivity contribution >= 4 is 23.4 Å². The molecule has 10 nitrogen and oxygen atoms in total. The quantitative estimate of drug-likeness (QED) is 0.625. The standard InChI is InChI=1S/C29H40N6O4/c1-19-14-34(21-15-35(16-21)28(36)39-29(2,3)4)8-7-22(19)20-5-6-25-24(13-20)32-26-23(17-38-25)27(31-18-30-26)33-9-11-37-12-10-33/h5-6,13,18-19,21-22H,7-12,14-17H2,1-4H3,(H,30,31,32)/t19-,22+/m0/s1. The maximum atomic E-state index is 12.3. The topological polar surface area (TPSA) is 92.3 Å². The van der Waals surface area contributed by atoms with Gasteiger partial charge in [0, 0.05) is 38.8 Å². The van der Waals surface area contributed by atoms with Gasteiger partial charge in [0.2, 0.25) is 0 Å². The van der Waals surface area contributed by atoms with Gasteiger partial charge in [0.15, 0.2) is 0 Å². The molecule has 0 unspecified atom stereocenters. The molecule has 0 radical (unpaired) electrons. The van der Waals surface area contributed by atoms with E-state index in [0.717, 1.165) is 74.3 Å². The second-order valence-electron chi connectivity index (χ2n) is 12.2. The number of amides is 1. The summed E-state index contributed by atoms with van der Waals surface area (Å²) in [6.45, 7) is 15.1. The number of likely N-dealkylation sites (tertiary alicyclic amines) is 2. The van der Waals surface area contributed by atoms with Crippen LogP contribution in [0.3, 0.4) is 0 Å². The Hall–Kier alpha value is -3.11. The Kier molecular flexibility index (Phi) is 7.01. The molecule has 3 fully saturated rings. The summed E-state index contributed by atoms with van der Waals surface area (Å²) in [7, 11) is 0. The first kappa shape index (κ1) is 26.1. The van der Waals surface area contributed by atoms with E-state index in [1.165, 1.54) is 5.56 Å². The Morgan fingerprint density at radius 1 is 1.10 bits per heavy atom. The van der Waals surface area contributed by atoms with Crippen LogP contribution >= 0.6 is 0 Å². The van der Waals surface area contributed by atoms with Crippen LogP contribution in [0, 0.1) is 5.92 Å². The molecule has 0 aliphatic carbocycles. The van der Waals surface area contributed by atoms with E-state index in [1.807, 2.05) is 25.7 Å². The number of ether oxygens (including phenoxy) is 3. The molecule has 6 rings (SSSR count). The molecule has 0 spiro atoms. The molecule has 39 heavy (non-hydrogen) atoms. The van der Waals surface area contributed by atoms with Crippen molar-refractivity contribution in [3.05, 3.63) is 35.7 Å². The van der Waals surface area contributed by atoms with Crippen molar-refractivity contribution in [3.63, 3.8) is 0 Å². The Morgan fingerprint density at radius 3 is 2.64 bits per heavy atom. The van der Waals surface area contributed by atoms with Crippen LogP contribution in [0.25, 0.3) is 0 Å². The highest BCUT2D eigenvalue weighted by Gasteiger charge is 2.40. The number of nitrogens with zero attached hydrogens (tertiary/aromatic N) is 5. The Bertz CT molecular complexity index is 1200. The van der Waals surface area contributed by atoms with E-state index in [2.05, 4.69) is 50.2 Å². The highest BCUT2D eigenvalue weighted by molar-refractivity contribution is 5.72. The van der Waals surface area contributed by atoms with Crippen LogP contribution in [0.1, 0.15) is 51.2 Å². The number of piperidine rings is 1.